The molecule has 1 aliphatic rings. The number of amides is 1. The molecule has 0 heterocycles. The van der Waals surface area contributed by atoms with Crippen molar-refractivity contribution in [3.05, 3.63) is 29.3 Å². The molecule has 0 spiro atoms. The molecule has 0 saturated heterocycles. The van der Waals surface area contributed by atoms with Gasteiger partial charge in [0.15, 0.2) is 9.84 Å². The van der Waals surface area contributed by atoms with Gasteiger partial charge >= 0.3 is 0 Å². The Morgan fingerprint density at radius 1 is 1.19 bits per heavy atom. The van der Waals surface area contributed by atoms with E-state index in [-0.39, 0.29) is 22.5 Å². The van der Waals surface area contributed by atoms with Crippen LogP contribution in [0.25, 0.3) is 0 Å². The predicted molar refractivity (Wildman–Crippen MR) is 83.1 cm³/mol. The topological polar surface area (TPSA) is 63.2 Å². The van der Waals surface area contributed by atoms with Crippen molar-refractivity contribution >= 4 is 27.3 Å². The van der Waals surface area contributed by atoms with Gasteiger partial charge < -0.3 is 5.32 Å². The highest BCUT2D eigenvalue weighted by Crippen LogP contribution is 2.24. The van der Waals surface area contributed by atoms with Gasteiger partial charge in [-0.3, -0.25) is 4.79 Å². The van der Waals surface area contributed by atoms with Crippen molar-refractivity contribution in [3.63, 3.8) is 0 Å². The van der Waals surface area contributed by atoms with Gasteiger partial charge in [-0.2, -0.15) is 0 Å². The van der Waals surface area contributed by atoms with Crippen molar-refractivity contribution < 1.29 is 13.2 Å². The van der Waals surface area contributed by atoms with Crippen LogP contribution in [0, 0.1) is 5.92 Å². The van der Waals surface area contributed by atoms with Crippen LogP contribution in [0.5, 0.6) is 0 Å². The Kier molecular flexibility index (Phi) is 5.65. The molecule has 0 unspecified atom stereocenters. The van der Waals surface area contributed by atoms with Gasteiger partial charge in [-0.1, -0.05) is 24.4 Å². The number of benzene rings is 1. The lowest BCUT2D eigenvalue weighted by Crippen LogP contribution is -2.30. The van der Waals surface area contributed by atoms with Gasteiger partial charge in [-0.25, -0.2) is 8.42 Å². The Labute approximate surface area is 130 Å². The fourth-order valence-electron chi connectivity index (χ4n) is 2.57. The summed E-state index contributed by atoms with van der Waals surface area (Å²) >= 11 is 5.74. The highest BCUT2D eigenvalue weighted by Gasteiger charge is 2.22. The van der Waals surface area contributed by atoms with Crippen molar-refractivity contribution in [2.24, 2.45) is 5.92 Å². The molecule has 1 aromatic carbocycles. The van der Waals surface area contributed by atoms with Gasteiger partial charge in [0.1, 0.15) is 0 Å². The minimum atomic E-state index is -3.30. The van der Waals surface area contributed by atoms with Crippen LogP contribution in [0.2, 0.25) is 5.02 Å². The Bertz CT molecular complexity index is 577. The quantitative estimate of drug-likeness (QED) is 0.816. The van der Waals surface area contributed by atoms with Crippen molar-refractivity contribution in [1.82, 2.24) is 5.32 Å². The molecule has 1 amide bonds. The molecule has 0 aliphatic heterocycles. The second-order valence-corrected chi connectivity index (χ2v) is 7.94. The van der Waals surface area contributed by atoms with Gasteiger partial charge in [-0.15, -0.1) is 0 Å². The van der Waals surface area contributed by atoms with Crippen LogP contribution < -0.4 is 5.32 Å². The van der Waals surface area contributed by atoms with E-state index in [1.165, 1.54) is 12.1 Å². The van der Waals surface area contributed by atoms with Crippen LogP contribution >= 0.6 is 11.6 Å². The van der Waals surface area contributed by atoms with Crippen LogP contribution in [0.3, 0.4) is 0 Å². The van der Waals surface area contributed by atoms with E-state index in [0.717, 1.165) is 25.7 Å². The predicted octanol–water partition coefficient (Wildman–Crippen LogP) is 2.81. The molecule has 0 atom stereocenters. The first-order valence-corrected chi connectivity index (χ1v) is 9.28. The molecule has 116 valence electrons. The van der Waals surface area contributed by atoms with Crippen LogP contribution in [0.15, 0.2) is 29.2 Å². The van der Waals surface area contributed by atoms with Gasteiger partial charge in [0.25, 0.3) is 0 Å². The molecule has 0 aromatic heterocycles. The molecular formula is C15H20ClNO3S. The number of hydrogen-bond acceptors (Lipinski definition) is 3. The first-order chi connectivity index (χ1) is 9.99. The monoisotopic (exact) mass is 329 g/mol. The number of nitrogens with one attached hydrogen (secondary N) is 1. The molecule has 21 heavy (non-hydrogen) atoms. The Hall–Kier alpha value is -1.07. The first kappa shape index (κ1) is 16.3. The zero-order valence-corrected chi connectivity index (χ0v) is 13.4. The number of halogens is 1. The molecule has 1 aliphatic carbocycles. The van der Waals surface area contributed by atoms with Crippen LogP contribution in [0.4, 0.5) is 0 Å². The summed E-state index contributed by atoms with van der Waals surface area (Å²) in [6.45, 7) is 0.405. The maximum absolute atomic E-state index is 12.1. The van der Waals surface area contributed by atoms with Crippen LogP contribution in [-0.4, -0.2) is 26.6 Å². The second-order valence-electron chi connectivity index (χ2n) is 5.40. The maximum atomic E-state index is 12.1. The molecule has 0 radical (unpaired) electrons. The molecule has 0 bridgehead atoms. The molecule has 6 heteroatoms. The van der Waals surface area contributed by atoms with Crippen molar-refractivity contribution in [1.29, 1.82) is 0 Å². The third-order valence-corrected chi connectivity index (χ3v) is 5.86. The maximum Gasteiger partial charge on any atom is 0.223 e. The minimum absolute atomic E-state index is 0.0274. The van der Waals surface area contributed by atoms with Crippen molar-refractivity contribution in [2.75, 3.05) is 12.3 Å². The summed E-state index contributed by atoms with van der Waals surface area (Å²) in [5.41, 5.74) is 0. The minimum Gasteiger partial charge on any atom is -0.356 e. The lowest BCUT2D eigenvalue weighted by molar-refractivity contribution is -0.124. The first-order valence-electron chi connectivity index (χ1n) is 7.25. The standard InChI is InChI=1S/C15H20ClNO3S/c16-13-6-8-14(9-7-13)21(19,20)11-3-10-17-15(18)12-4-1-2-5-12/h6-9,12H,1-5,10-11H2,(H,17,18). The Morgan fingerprint density at radius 2 is 1.81 bits per heavy atom. The zero-order valence-electron chi connectivity index (χ0n) is 11.8. The van der Waals surface area contributed by atoms with E-state index < -0.39 is 9.84 Å². The number of sulfone groups is 1. The Balaban J connectivity index is 1.77. The molecule has 1 aromatic rings. The highest BCUT2D eigenvalue weighted by atomic mass is 35.5. The van der Waals surface area contributed by atoms with Gasteiger partial charge in [0.05, 0.1) is 10.6 Å². The molecule has 2 rings (SSSR count). The summed E-state index contributed by atoms with van der Waals surface area (Å²) in [6.07, 6.45) is 4.55. The normalized spacial score (nSPS) is 16.0. The highest BCUT2D eigenvalue weighted by molar-refractivity contribution is 7.91. The van der Waals surface area contributed by atoms with Gasteiger partial charge in [0, 0.05) is 17.5 Å². The van der Waals surface area contributed by atoms with E-state index in [9.17, 15) is 13.2 Å². The average molecular weight is 330 g/mol. The third kappa shape index (κ3) is 4.71. The van der Waals surface area contributed by atoms with Crippen molar-refractivity contribution in [2.45, 2.75) is 37.0 Å². The second kappa shape index (κ2) is 7.27. The summed E-state index contributed by atoms with van der Waals surface area (Å²) in [6, 6.07) is 6.15. The number of hydrogen-bond donors (Lipinski definition) is 1. The summed E-state index contributed by atoms with van der Waals surface area (Å²) in [5, 5.41) is 3.35. The van der Waals surface area contributed by atoms with Crippen molar-refractivity contribution in [3.8, 4) is 0 Å². The van der Waals surface area contributed by atoms with Gasteiger partial charge in [-0.05, 0) is 43.5 Å². The summed E-state index contributed by atoms with van der Waals surface area (Å²) in [4.78, 5) is 12.1. The Morgan fingerprint density at radius 3 is 2.43 bits per heavy atom. The number of carbonyl (C=O) groups excluding carboxylic acids is 1. The molecule has 1 N–H and O–H groups in total. The SMILES string of the molecule is O=C(NCCCS(=O)(=O)c1ccc(Cl)cc1)C1CCCC1. The van der Waals surface area contributed by atoms with E-state index in [4.69, 9.17) is 11.6 Å². The lowest BCUT2D eigenvalue weighted by atomic mass is 10.1. The van der Waals surface area contributed by atoms with Crippen LogP contribution in [0.1, 0.15) is 32.1 Å². The van der Waals surface area contributed by atoms with Crippen LogP contribution in [-0.2, 0) is 14.6 Å². The van der Waals surface area contributed by atoms with E-state index in [0.29, 0.717) is 18.0 Å². The lowest BCUT2D eigenvalue weighted by Gasteiger charge is -2.10. The number of carbonyl (C=O) groups is 1. The smallest absolute Gasteiger partial charge is 0.223 e. The fourth-order valence-corrected chi connectivity index (χ4v) is 4.00. The summed E-state index contributed by atoms with van der Waals surface area (Å²) in [5.74, 6) is 0.216. The molecule has 4 nitrogen and oxygen atoms in total. The third-order valence-electron chi connectivity index (χ3n) is 3.79. The molecule has 1 fully saturated rings. The van der Waals surface area contributed by atoms with E-state index in [2.05, 4.69) is 5.32 Å². The molecule has 1 saturated carbocycles. The summed E-state index contributed by atoms with van der Waals surface area (Å²) in [7, 11) is -3.30. The fraction of sp³-hybridized carbons (Fsp3) is 0.533. The molecular weight excluding hydrogens is 310 g/mol. The summed E-state index contributed by atoms with van der Waals surface area (Å²) < 4.78 is 24.2. The van der Waals surface area contributed by atoms with E-state index in [1.807, 2.05) is 0 Å². The average Bonchev–Trinajstić information content (AvgIpc) is 2.98. The number of rotatable bonds is 6. The van der Waals surface area contributed by atoms with E-state index >= 15 is 0 Å². The van der Waals surface area contributed by atoms with Gasteiger partial charge in [0.2, 0.25) is 5.91 Å². The zero-order chi connectivity index (χ0) is 15.3. The van der Waals surface area contributed by atoms with E-state index in [1.54, 1.807) is 12.1 Å². The largest absolute Gasteiger partial charge is 0.356 e.